The van der Waals surface area contributed by atoms with Crippen molar-refractivity contribution in [2.45, 2.75) is 138 Å². The molecule has 8 fully saturated rings. The molecule has 0 radical (unpaired) electrons. The molecule has 0 aromatic carbocycles. The highest BCUT2D eigenvalue weighted by atomic mass is 15.1. The Hall–Kier alpha value is -0.120. The van der Waals surface area contributed by atoms with E-state index in [9.17, 15) is 0 Å². The van der Waals surface area contributed by atoms with Crippen LogP contribution in [0.3, 0.4) is 0 Å². The zero-order valence-electron chi connectivity index (χ0n) is 18.9. The SMILES string of the molecule is CC12CCCCC1CCC(CC13CCC(CC1)C(CC14CCC(CC1)CN4)N3)N2. The van der Waals surface area contributed by atoms with Gasteiger partial charge in [-0.05, 0) is 121 Å². The molecule has 29 heavy (non-hydrogen) atoms. The summed E-state index contributed by atoms with van der Waals surface area (Å²) in [5.41, 5.74) is 1.36. The largest absolute Gasteiger partial charge is 0.311 e. The van der Waals surface area contributed by atoms with Gasteiger partial charge in [0.25, 0.3) is 0 Å². The fourth-order valence-corrected chi connectivity index (χ4v) is 9.02. The summed E-state index contributed by atoms with van der Waals surface area (Å²) in [6, 6.07) is 1.53. The lowest BCUT2D eigenvalue weighted by atomic mass is 9.61. The number of hydrogen-bond acceptors (Lipinski definition) is 3. The van der Waals surface area contributed by atoms with Gasteiger partial charge in [-0.2, -0.15) is 0 Å². The molecule has 4 bridgehead atoms. The van der Waals surface area contributed by atoms with E-state index >= 15 is 0 Å². The third kappa shape index (κ3) is 3.52. The monoisotopic (exact) mass is 399 g/mol. The smallest absolute Gasteiger partial charge is 0.0199 e. The average Bonchev–Trinajstić information content (AvgIpc) is 2.74. The molecule has 4 atom stereocenters. The molecule has 164 valence electrons. The van der Waals surface area contributed by atoms with Crippen LogP contribution in [0.4, 0.5) is 0 Å². The third-order valence-electron chi connectivity index (χ3n) is 10.9. The number of fused-ring (bicyclic) bond motifs is 7. The Bertz CT molecular complexity index is 587. The van der Waals surface area contributed by atoms with Crippen LogP contribution in [-0.4, -0.2) is 35.2 Å². The van der Waals surface area contributed by atoms with E-state index in [1.54, 1.807) is 0 Å². The summed E-state index contributed by atoms with van der Waals surface area (Å²) < 4.78 is 0. The van der Waals surface area contributed by atoms with E-state index in [0.29, 0.717) is 16.6 Å². The number of piperidine rings is 5. The summed E-state index contributed by atoms with van der Waals surface area (Å²) in [4.78, 5) is 0. The molecule has 3 heteroatoms. The summed E-state index contributed by atoms with van der Waals surface area (Å²) in [5.74, 6) is 2.88. The maximum atomic E-state index is 4.34. The molecule has 0 aromatic heterocycles. The first kappa shape index (κ1) is 19.6. The molecule has 3 nitrogen and oxygen atoms in total. The van der Waals surface area contributed by atoms with Gasteiger partial charge in [-0.1, -0.05) is 12.8 Å². The van der Waals surface area contributed by atoms with Crippen molar-refractivity contribution in [3.63, 3.8) is 0 Å². The third-order valence-corrected chi connectivity index (χ3v) is 10.9. The predicted molar refractivity (Wildman–Crippen MR) is 120 cm³/mol. The van der Waals surface area contributed by atoms with Gasteiger partial charge in [-0.25, -0.2) is 0 Å². The van der Waals surface area contributed by atoms with E-state index in [4.69, 9.17) is 0 Å². The second kappa shape index (κ2) is 7.20. The zero-order valence-corrected chi connectivity index (χ0v) is 18.9. The molecule has 3 N–H and O–H groups in total. The van der Waals surface area contributed by atoms with E-state index < -0.39 is 0 Å². The van der Waals surface area contributed by atoms with Crippen LogP contribution in [0.5, 0.6) is 0 Å². The van der Waals surface area contributed by atoms with Crippen molar-refractivity contribution in [3.8, 4) is 0 Å². The lowest BCUT2D eigenvalue weighted by molar-refractivity contribution is 0.00695. The van der Waals surface area contributed by atoms with Crippen molar-refractivity contribution in [1.82, 2.24) is 16.0 Å². The van der Waals surface area contributed by atoms with Gasteiger partial charge >= 0.3 is 0 Å². The maximum Gasteiger partial charge on any atom is 0.0199 e. The first-order chi connectivity index (χ1) is 14.1. The molecule has 5 saturated heterocycles. The van der Waals surface area contributed by atoms with Crippen LogP contribution in [0.15, 0.2) is 0 Å². The molecule has 0 amide bonds. The van der Waals surface area contributed by atoms with Gasteiger partial charge in [-0.3, -0.25) is 0 Å². The molecule has 0 aromatic rings. The van der Waals surface area contributed by atoms with Crippen LogP contribution in [0.1, 0.15) is 110 Å². The van der Waals surface area contributed by atoms with Crippen molar-refractivity contribution >= 4 is 0 Å². The Morgan fingerprint density at radius 1 is 0.724 bits per heavy atom. The van der Waals surface area contributed by atoms with Gasteiger partial charge in [0.15, 0.2) is 0 Å². The summed E-state index contributed by atoms with van der Waals surface area (Å²) in [6.45, 7) is 3.85. The maximum absolute atomic E-state index is 4.34. The number of hydrogen-bond donors (Lipinski definition) is 3. The molecule has 8 aliphatic rings. The van der Waals surface area contributed by atoms with Crippen LogP contribution in [0.25, 0.3) is 0 Å². The van der Waals surface area contributed by atoms with Crippen molar-refractivity contribution in [1.29, 1.82) is 0 Å². The molecular weight excluding hydrogens is 354 g/mol. The summed E-state index contributed by atoms with van der Waals surface area (Å²) in [5, 5.41) is 12.6. The topological polar surface area (TPSA) is 36.1 Å². The molecule has 8 rings (SSSR count). The van der Waals surface area contributed by atoms with E-state index in [2.05, 4.69) is 22.9 Å². The van der Waals surface area contributed by atoms with Crippen LogP contribution in [-0.2, 0) is 0 Å². The molecule has 5 heterocycles. The van der Waals surface area contributed by atoms with E-state index in [1.165, 1.54) is 109 Å². The Kier molecular flexibility index (Phi) is 4.86. The minimum absolute atomic E-state index is 0.437. The van der Waals surface area contributed by atoms with Gasteiger partial charge in [0.05, 0.1) is 0 Å². The summed E-state index contributed by atoms with van der Waals surface area (Å²) in [7, 11) is 0. The van der Waals surface area contributed by atoms with Gasteiger partial charge in [-0.15, -0.1) is 0 Å². The Morgan fingerprint density at radius 2 is 1.52 bits per heavy atom. The van der Waals surface area contributed by atoms with Gasteiger partial charge in [0.1, 0.15) is 0 Å². The van der Waals surface area contributed by atoms with Gasteiger partial charge in [0.2, 0.25) is 0 Å². The van der Waals surface area contributed by atoms with Crippen LogP contribution in [0.2, 0.25) is 0 Å². The molecule has 0 spiro atoms. The Labute approximate surface area is 178 Å². The van der Waals surface area contributed by atoms with E-state index in [1.807, 2.05) is 0 Å². The van der Waals surface area contributed by atoms with Crippen LogP contribution < -0.4 is 16.0 Å². The zero-order chi connectivity index (χ0) is 19.5. The molecule has 5 aliphatic heterocycles. The van der Waals surface area contributed by atoms with Gasteiger partial charge < -0.3 is 16.0 Å². The fourth-order valence-electron chi connectivity index (χ4n) is 9.02. The minimum Gasteiger partial charge on any atom is -0.311 e. The summed E-state index contributed by atoms with van der Waals surface area (Å²) in [6.07, 6.45) is 23.2. The highest BCUT2D eigenvalue weighted by Gasteiger charge is 2.51. The first-order valence-corrected chi connectivity index (χ1v) is 13.4. The molecule has 4 unspecified atom stereocenters. The first-order valence-electron chi connectivity index (χ1n) is 13.4. The second-order valence-corrected chi connectivity index (χ2v) is 12.7. The second-order valence-electron chi connectivity index (χ2n) is 12.7. The van der Waals surface area contributed by atoms with Crippen LogP contribution >= 0.6 is 0 Å². The Morgan fingerprint density at radius 3 is 2.28 bits per heavy atom. The number of rotatable bonds is 4. The van der Waals surface area contributed by atoms with E-state index in [-0.39, 0.29) is 0 Å². The molecule has 3 saturated carbocycles. The fraction of sp³-hybridized carbons (Fsp3) is 1.00. The predicted octanol–water partition coefficient (Wildman–Crippen LogP) is 4.90. The van der Waals surface area contributed by atoms with Crippen molar-refractivity contribution in [2.24, 2.45) is 17.8 Å². The highest BCUT2D eigenvalue weighted by molar-refractivity contribution is 5.10. The Balaban J connectivity index is 1.13. The highest BCUT2D eigenvalue weighted by Crippen LogP contribution is 2.49. The van der Waals surface area contributed by atoms with Crippen molar-refractivity contribution in [3.05, 3.63) is 0 Å². The van der Waals surface area contributed by atoms with Crippen molar-refractivity contribution in [2.75, 3.05) is 6.54 Å². The lowest BCUT2D eigenvalue weighted by Gasteiger charge is -2.58. The minimum atomic E-state index is 0.437. The molecular formula is C26H45N3. The van der Waals surface area contributed by atoms with Crippen molar-refractivity contribution < 1.29 is 0 Å². The number of nitrogens with one attached hydrogen (secondary N) is 3. The lowest BCUT2D eigenvalue weighted by Crippen LogP contribution is -2.67. The van der Waals surface area contributed by atoms with E-state index in [0.717, 1.165) is 29.8 Å². The summed E-state index contributed by atoms with van der Waals surface area (Å²) >= 11 is 0. The quantitative estimate of drug-likeness (QED) is 0.629. The standard InChI is InChI=1S/C26H45N3/c1-24-11-3-2-4-21(24)5-6-22(28-24)16-26-14-9-20(10-15-26)23(29-26)17-25-12-7-19(8-13-25)18-27-25/h19-23,27-29H,2-18H2,1H3. The molecule has 3 aliphatic carbocycles. The average molecular weight is 400 g/mol. The van der Waals surface area contributed by atoms with Crippen LogP contribution in [0, 0.1) is 17.8 Å². The van der Waals surface area contributed by atoms with Gasteiger partial charge in [0, 0.05) is 28.7 Å². The normalized spacial score (nSPS) is 54.3.